The highest BCUT2D eigenvalue weighted by molar-refractivity contribution is 5.14. The van der Waals surface area contributed by atoms with Gasteiger partial charge in [-0.15, -0.1) is 0 Å². The smallest absolute Gasteiger partial charge is 0.229 e. The van der Waals surface area contributed by atoms with E-state index in [9.17, 15) is 0 Å². The van der Waals surface area contributed by atoms with Gasteiger partial charge >= 0.3 is 0 Å². The predicted molar refractivity (Wildman–Crippen MR) is 65.9 cm³/mol. The van der Waals surface area contributed by atoms with Crippen molar-refractivity contribution in [3.05, 3.63) is 41.8 Å². The highest BCUT2D eigenvalue weighted by Gasteiger charge is 2.27. The maximum Gasteiger partial charge on any atom is 0.229 e. The maximum atomic E-state index is 5.89. The average Bonchev–Trinajstić information content (AvgIpc) is 2.99. The summed E-state index contributed by atoms with van der Waals surface area (Å²) in [7, 11) is 0. The molecular weight excluding hydrogens is 228 g/mol. The Bertz CT molecular complexity index is 511. The summed E-state index contributed by atoms with van der Waals surface area (Å²) in [4.78, 5) is 8.53. The van der Waals surface area contributed by atoms with Crippen molar-refractivity contribution in [3.8, 4) is 0 Å². The zero-order valence-corrected chi connectivity index (χ0v) is 10.1. The third-order valence-corrected chi connectivity index (χ3v) is 3.39. The van der Waals surface area contributed by atoms with Gasteiger partial charge in [-0.1, -0.05) is 11.2 Å². The molecule has 2 aromatic rings. The third kappa shape index (κ3) is 2.41. The third-order valence-electron chi connectivity index (χ3n) is 3.39. The molecular formula is C13H16N4O. The zero-order chi connectivity index (χ0) is 12.4. The standard InChI is InChI=1S/C13H16N4O/c14-11-4-3-10(7-11)13-16-12(17-18-13)6-9-2-1-5-15-8-9/h1-2,5,8,10-11H,3-4,6-7,14H2/t10-,11+/m1/s1. The molecule has 0 radical (unpaired) electrons. The van der Waals surface area contributed by atoms with Crippen molar-refractivity contribution in [1.82, 2.24) is 15.1 Å². The Morgan fingerprint density at radius 1 is 1.39 bits per heavy atom. The Morgan fingerprint density at radius 2 is 2.33 bits per heavy atom. The molecule has 2 atom stereocenters. The molecule has 0 amide bonds. The van der Waals surface area contributed by atoms with Crippen molar-refractivity contribution < 1.29 is 4.52 Å². The summed E-state index contributed by atoms with van der Waals surface area (Å²) in [6.45, 7) is 0. The Kier molecular flexibility index (Phi) is 3.06. The van der Waals surface area contributed by atoms with Crippen LogP contribution in [0.5, 0.6) is 0 Å². The topological polar surface area (TPSA) is 77.8 Å². The molecule has 5 heteroatoms. The molecule has 2 aromatic heterocycles. The molecule has 94 valence electrons. The van der Waals surface area contributed by atoms with Crippen LogP contribution in [0.1, 0.15) is 42.5 Å². The molecule has 0 spiro atoms. The molecule has 5 nitrogen and oxygen atoms in total. The van der Waals surface area contributed by atoms with Crippen molar-refractivity contribution in [3.63, 3.8) is 0 Å². The van der Waals surface area contributed by atoms with E-state index in [-0.39, 0.29) is 6.04 Å². The minimum Gasteiger partial charge on any atom is -0.339 e. The summed E-state index contributed by atoms with van der Waals surface area (Å²) >= 11 is 0. The monoisotopic (exact) mass is 244 g/mol. The van der Waals surface area contributed by atoms with Gasteiger partial charge < -0.3 is 10.3 Å². The van der Waals surface area contributed by atoms with Crippen molar-refractivity contribution in [2.24, 2.45) is 5.73 Å². The molecule has 18 heavy (non-hydrogen) atoms. The van der Waals surface area contributed by atoms with Gasteiger partial charge in [0.2, 0.25) is 5.89 Å². The predicted octanol–water partition coefficient (Wildman–Crippen LogP) is 1.65. The van der Waals surface area contributed by atoms with Crippen molar-refractivity contribution in [2.45, 2.75) is 37.6 Å². The SMILES string of the molecule is N[C@H]1CC[C@@H](c2nc(Cc3cccnc3)no2)C1. The fourth-order valence-electron chi connectivity index (χ4n) is 2.43. The van der Waals surface area contributed by atoms with Crippen LogP contribution in [0, 0.1) is 0 Å². The second-order valence-corrected chi connectivity index (χ2v) is 4.86. The number of nitrogens with two attached hydrogens (primary N) is 1. The molecule has 1 aliphatic rings. The number of hydrogen-bond donors (Lipinski definition) is 1. The molecule has 0 aromatic carbocycles. The lowest BCUT2D eigenvalue weighted by Gasteiger charge is -2.01. The summed E-state index contributed by atoms with van der Waals surface area (Å²) in [5.74, 6) is 1.80. The van der Waals surface area contributed by atoms with E-state index in [1.165, 1.54) is 0 Å². The summed E-state index contributed by atoms with van der Waals surface area (Å²) < 4.78 is 5.33. The fourth-order valence-corrected chi connectivity index (χ4v) is 2.43. The quantitative estimate of drug-likeness (QED) is 0.888. The van der Waals surface area contributed by atoms with Gasteiger partial charge in [-0.3, -0.25) is 4.98 Å². The van der Waals surface area contributed by atoms with E-state index in [0.717, 1.165) is 36.5 Å². The van der Waals surface area contributed by atoms with Crippen LogP contribution in [-0.2, 0) is 6.42 Å². The Morgan fingerprint density at radius 3 is 3.06 bits per heavy atom. The van der Waals surface area contributed by atoms with Gasteiger partial charge in [0.1, 0.15) is 0 Å². The second kappa shape index (κ2) is 4.86. The lowest BCUT2D eigenvalue weighted by molar-refractivity contribution is 0.350. The van der Waals surface area contributed by atoms with Gasteiger partial charge in [-0.05, 0) is 30.9 Å². The van der Waals surface area contributed by atoms with Gasteiger partial charge in [0.15, 0.2) is 5.82 Å². The van der Waals surface area contributed by atoms with Crippen LogP contribution < -0.4 is 5.73 Å². The molecule has 2 heterocycles. The van der Waals surface area contributed by atoms with Crippen LogP contribution in [-0.4, -0.2) is 21.2 Å². The zero-order valence-electron chi connectivity index (χ0n) is 10.1. The highest BCUT2D eigenvalue weighted by Crippen LogP contribution is 2.32. The van der Waals surface area contributed by atoms with E-state index in [1.54, 1.807) is 6.20 Å². The van der Waals surface area contributed by atoms with E-state index in [1.807, 2.05) is 18.3 Å². The molecule has 0 bridgehead atoms. The minimum atomic E-state index is 0.281. The average molecular weight is 244 g/mol. The number of nitrogens with zero attached hydrogens (tertiary/aromatic N) is 3. The molecule has 1 fully saturated rings. The normalized spacial score (nSPS) is 23.4. The van der Waals surface area contributed by atoms with Crippen LogP contribution in [0.2, 0.25) is 0 Å². The van der Waals surface area contributed by atoms with Crippen molar-refractivity contribution >= 4 is 0 Å². The number of hydrogen-bond acceptors (Lipinski definition) is 5. The van der Waals surface area contributed by atoms with Crippen LogP contribution in [0.3, 0.4) is 0 Å². The van der Waals surface area contributed by atoms with E-state index in [2.05, 4.69) is 15.1 Å². The lowest BCUT2D eigenvalue weighted by Crippen LogP contribution is -2.14. The van der Waals surface area contributed by atoms with Crippen LogP contribution in [0.4, 0.5) is 0 Å². The molecule has 1 aliphatic carbocycles. The fraction of sp³-hybridized carbons (Fsp3) is 0.462. The van der Waals surface area contributed by atoms with Gasteiger partial charge in [0.05, 0.1) is 0 Å². The minimum absolute atomic E-state index is 0.281. The molecule has 2 N–H and O–H groups in total. The largest absolute Gasteiger partial charge is 0.339 e. The second-order valence-electron chi connectivity index (χ2n) is 4.86. The molecule has 0 saturated heterocycles. The first kappa shape index (κ1) is 11.3. The molecule has 3 rings (SSSR count). The van der Waals surface area contributed by atoms with E-state index in [0.29, 0.717) is 12.3 Å². The summed E-state index contributed by atoms with van der Waals surface area (Å²) in [6, 6.07) is 4.20. The van der Waals surface area contributed by atoms with Crippen LogP contribution in [0.25, 0.3) is 0 Å². The Labute approximate surface area is 105 Å². The molecule has 0 unspecified atom stereocenters. The Hall–Kier alpha value is -1.75. The van der Waals surface area contributed by atoms with Crippen molar-refractivity contribution in [1.29, 1.82) is 0 Å². The first-order valence-corrected chi connectivity index (χ1v) is 6.28. The summed E-state index contributed by atoms with van der Waals surface area (Å²) in [5, 5.41) is 4.03. The van der Waals surface area contributed by atoms with Gasteiger partial charge in [-0.25, -0.2) is 0 Å². The van der Waals surface area contributed by atoms with E-state index < -0.39 is 0 Å². The lowest BCUT2D eigenvalue weighted by atomic mass is 10.1. The number of rotatable bonds is 3. The van der Waals surface area contributed by atoms with E-state index in [4.69, 9.17) is 10.3 Å². The molecule has 0 aliphatic heterocycles. The first-order valence-electron chi connectivity index (χ1n) is 6.28. The molecule has 1 saturated carbocycles. The number of aromatic nitrogens is 3. The summed E-state index contributed by atoms with van der Waals surface area (Å²) in [6.07, 6.45) is 7.29. The Balaban J connectivity index is 1.70. The van der Waals surface area contributed by atoms with Gasteiger partial charge in [-0.2, -0.15) is 4.98 Å². The maximum absolute atomic E-state index is 5.89. The van der Waals surface area contributed by atoms with Gasteiger partial charge in [0, 0.05) is 30.8 Å². The first-order chi connectivity index (χ1) is 8.81. The summed E-state index contributed by atoms with van der Waals surface area (Å²) in [5.41, 5.74) is 6.99. The number of pyridine rings is 1. The van der Waals surface area contributed by atoms with Crippen LogP contribution in [0.15, 0.2) is 29.0 Å². The van der Waals surface area contributed by atoms with E-state index >= 15 is 0 Å². The van der Waals surface area contributed by atoms with Gasteiger partial charge in [0.25, 0.3) is 0 Å². The highest BCUT2D eigenvalue weighted by atomic mass is 16.5. The van der Waals surface area contributed by atoms with Crippen molar-refractivity contribution in [2.75, 3.05) is 0 Å². The van der Waals surface area contributed by atoms with Crippen LogP contribution >= 0.6 is 0 Å².